The van der Waals surface area contributed by atoms with E-state index in [4.69, 9.17) is 32.7 Å². The zero-order valence-electron chi connectivity index (χ0n) is 14.7. The summed E-state index contributed by atoms with van der Waals surface area (Å²) in [5, 5.41) is 3.18. The molecular formula is C14H15Cl2N2NaO7S. The number of hydrazone groups is 1. The Balaban J connectivity index is 0.00000676. The van der Waals surface area contributed by atoms with Crippen molar-refractivity contribution in [3.05, 3.63) is 22.2 Å². The predicted octanol–water partition coefficient (Wildman–Crippen LogP) is -0.814. The quantitative estimate of drug-likeness (QED) is 0.179. The third-order valence-corrected chi connectivity index (χ3v) is 4.34. The van der Waals surface area contributed by atoms with Crippen LogP contribution in [0.5, 0.6) is 0 Å². The zero-order chi connectivity index (χ0) is 19.9. The number of hydrogen-bond acceptors (Lipinski definition) is 9. The zero-order valence-corrected chi connectivity index (χ0v) is 19.1. The summed E-state index contributed by atoms with van der Waals surface area (Å²) in [5.74, 6) is -1.55. The molecule has 13 heteroatoms. The van der Waals surface area contributed by atoms with Gasteiger partial charge in [0.05, 0.1) is 40.3 Å². The molecule has 0 amide bonds. The van der Waals surface area contributed by atoms with Crippen molar-refractivity contribution in [2.75, 3.05) is 18.6 Å². The third-order valence-electron chi connectivity index (χ3n) is 2.73. The summed E-state index contributed by atoms with van der Waals surface area (Å²) in [4.78, 5) is 22.7. The molecule has 0 saturated heterocycles. The van der Waals surface area contributed by atoms with Gasteiger partial charge >= 0.3 is 41.5 Å². The van der Waals surface area contributed by atoms with Gasteiger partial charge in [-0.1, -0.05) is 23.2 Å². The fourth-order valence-electron chi connectivity index (χ4n) is 1.65. The molecule has 144 valence electrons. The van der Waals surface area contributed by atoms with Crippen molar-refractivity contribution in [1.82, 2.24) is 0 Å². The first-order chi connectivity index (χ1) is 12.1. The van der Waals surface area contributed by atoms with Crippen LogP contribution in [0.25, 0.3) is 0 Å². The van der Waals surface area contributed by atoms with Gasteiger partial charge in [-0.25, -0.2) is 13.2 Å². The van der Waals surface area contributed by atoms with Crippen molar-refractivity contribution in [2.24, 2.45) is 5.10 Å². The third kappa shape index (κ3) is 8.34. The Labute approximate surface area is 188 Å². The van der Waals surface area contributed by atoms with E-state index >= 15 is 0 Å². The van der Waals surface area contributed by atoms with Crippen LogP contribution in [-0.4, -0.2) is 43.8 Å². The molecule has 0 fully saturated rings. The maximum Gasteiger partial charge on any atom is 1.00 e. The maximum atomic E-state index is 11.9. The molecule has 0 aliphatic rings. The molecule has 0 aromatic heterocycles. The molecule has 1 N–H and O–H groups in total. The molecule has 1 aromatic rings. The topological polar surface area (TPSA) is 134 Å². The molecule has 27 heavy (non-hydrogen) atoms. The van der Waals surface area contributed by atoms with Crippen LogP contribution in [0, 0.1) is 0 Å². The Bertz CT molecular complexity index is 831. The normalized spacial score (nSPS) is 11.4. The Kier molecular flexibility index (Phi) is 11.5. The molecular weight excluding hydrogens is 434 g/mol. The van der Waals surface area contributed by atoms with Crippen molar-refractivity contribution in [3.63, 3.8) is 0 Å². The van der Waals surface area contributed by atoms with Crippen LogP contribution < -0.4 is 35.0 Å². The summed E-state index contributed by atoms with van der Waals surface area (Å²) in [5.41, 5.74) is 2.10. The minimum atomic E-state index is -4.81. The van der Waals surface area contributed by atoms with Gasteiger partial charge < -0.3 is 14.0 Å². The first kappa shape index (κ1) is 26.1. The van der Waals surface area contributed by atoms with Crippen LogP contribution in [0.1, 0.15) is 20.3 Å². The number of carbonyl (C=O) groups excluding carboxylic acids is 2. The van der Waals surface area contributed by atoms with Crippen LogP contribution >= 0.6 is 23.2 Å². The average Bonchev–Trinajstić information content (AvgIpc) is 2.53. The van der Waals surface area contributed by atoms with Gasteiger partial charge in [-0.2, -0.15) is 5.10 Å². The molecule has 0 radical (unpaired) electrons. The van der Waals surface area contributed by atoms with Crippen molar-refractivity contribution in [3.8, 4) is 0 Å². The van der Waals surface area contributed by atoms with E-state index in [1.54, 1.807) is 13.8 Å². The van der Waals surface area contributed by atoms with Crippen molar-refractivity contribution >= 4 is 56.7 Å². The number of carbonyl (C=O) groups is 2. The van der Waals surface area contributed by atoms with E-state index in [9.17, 15) is 22.6 Å². The predicted molar refractivity (Wildman–Crippen MR) is 93.4 cm³/mol. The van der Waals surface area contributed by atoms with E-state index in [-0.39, 0.29) is 64.2 Å². The molecule has 0 heterocycles. The first-order valence-corrected chi connectivity index (χ1v) is 9.36. The van der Waals surface area contributed by atoms with E-state index in [0.29, 0.717) is 0 Å². The SMILES string of the molecule is CCOC(=O)C/C(=N\Nc1cc(Cl)c(S(=O)(=O)[O-])cc1Cl)C(=O)OCC.[Na+]. The minimum Gasteiger partial charge on any atom is -0.744 e. The number of benzene rings is 1. The number of esters is 2. The second-order valence-corrected chi connectivity index (χ2v) is 6.75. The number of halogens is 2. The van der Waals surface area contributed by atoms with Crippen molar-refractivity contribution < 1.29 is 61.6 Å². The molecule has 0 saturated carbocycles. The Hall–Kier alpha value is -0.880. The van der Waals surface area contributed by atoms with Crippen LogP contribution in [0.15, 0.2) is 22.1 Å². The second kappa shape index (κ2) is 11.8. The number of ether oxygens (including phenoxy) is 2. The molecule has 0 aliphatic heterocycles. The molecule has 0 spiro atoms. The van der Waals surface area contributed by atoms with Gasteiger partial charge in [0.25, 0.3) is 0 Å². The van der Waals surface area contributed by atoms with E-state index in [1.165, 1.54) is 0 Å². The Morgan fingerprint density at radius 3 is 2.26 bits per heavy atom. The minimum absolute atomic E-state index is 0. The van der Waals surface area contributed by atoms with E-state index in [2.05, 4.69) is 10.5 Å². The molecule has 0 aliphatic carbocycles. The van der Waals surface area contributed by atoms with Crippen molar-refractivity contribution in [2.45, 2.75) is 25.2 Å². The van der Waals surface area contributed by atoms with Crippen molar-refractivity contribution in [1.29, 1.82) is 0 Å². The second-order valence-electron chi connectivity index (χ2n) is 4.59. The molecule has 0 bridgehead atoms. The standard InChI is InChI=1S/C14H16Cl2N2O7S.Na/c1-3-24-13(19)7-11(14(20)25-4-2)18-17-10-5-9(16)12(6-8(10)15)26(21,22)23;/h5-6,17H,3-4,7H2,1-2H3,(H,21,22,23);/q;+1/p-1/b18-11+;. The average molecular weight is 449 g/mol. The summed E-state index contributed by atoms with van der Waals surface area (Å²) >= 11 is 11.6. The summed E-state index contributed by atoms with van der Waals surface area (Å²) < 4.78 is 42.7. The molecule has 1 rings (SSSR count). The van der Waals surface area contributed by atoms with E-state index in [0.717, 1.165) is 12.1 Å². The summed E-state index contributed by atoms with van der Waals surface area (Å²) in [6, 6.07) is 1.89. The van der Waals surface area contributed by atoms with Gasteiger partial charge in [-0.15, -0.1) is 0 Å². The number of anilines is 1. The Morgan fingerprint density at radius 2 is 1.74 bits per heavy atom. The van der Waals surface area contributed by atoms with Gasteiger partial charge in [-0.05, 0) is 26.0 Å². The van der Waals surface area contributed by atoms with Gasteiger partial charge in [0, 0.05) is 0 Å². The number of nitrogens with one attached hydrogen (secondary N) is 1. The van der Waals surface area contributed by atoms with Crippen LogP contribution in [0.2, 0.25) is 10.0 Å². The molecule has 9 nitrogen and oxygen atoms in total. The van der Waals surface area contributed by atoms with Crippen LogP contribution in [-0.2, 0) is 29.2 Å². The van der Waals surface area contributed by atoms with Gasteiger partial charge in [0.15, 0.2) is 5.71 Å². The van der Waals surface area contributed by atoms with Gasteiger partial charge in [0.1, 0.15) is 10.1 Å². The molecule has 0 atom stereocenters. The van der Waals surface area contributed by atoms with E-state index in [1.807, 2.05) is 0 Å². The van der Waals surface area contributed by atoms with Gasteiger partial charge in [0.2, 0.25) is 0 Å². The largest absolute Gasteiger partial charge is 1.00 e. The summed E-state index contributed by atoms with van der Waals surface area (Å²) in [7, 11) is -4.81. The number of rotatable bonds is 8. The van der Waals surface area contributed by atoms with Crippen LogP contribution in [0.3, 0.4) is 0 Å². The van der Waals surface area contributed by atoms with E-state index < -0.39 is 33.4 Å². The fraction of sp³-hybridized carbons (Fsp3) is 0.357. The maximum absolute atomic E-state index is 11.9. The van der Waals surface area contributed by atoms with Crippen LogP contribution in [0.4, 0.5) is 5.69 Å². The number of nitrogens with zero attached hydrogens (tertiary/aromatic N) is 1. The van der Waals surface area contributed by atoms with Gasteiger partial charge in [-0.3, -0.25) is 10.2 Å². The molecule has 0 unspecified atom stereocenters. The fourth-order valence-corrected chi connectivity index (χ4v) is 2.93. The summed E-state index contributed by atoms with van der Waals surface area (Å²) in [6.45, 7) is 3.36. The summed E-state index contributed by atoms with van der Waals surface area (Å²) in [6.07, 6.45) is -0.460. The smallest absolute Gasteiger partial charge is 0.744 e. The Morgan fingerprint density at radius 1 is 1.15 bits per heavy atom. The first-order valence-electron chi connectivity index (χ1n) is 7.20. The molecule has 1 aromatic carbocycles. The number of hydrogen-bond donors (Lipinski definition) is 1. The monoisotopic (exact) mass is 448 g/mol.